The van der Waals surface area contributed by atoms with E-state index in [1.807, 2.05) is 24.3 Å². The highest BCUT2D eigenvalue weighted by Crippen LogP contribution is 2.40. The average Bonchev–Trinajstić information content (AvgIpc) is 2.89. The van der Waals surface area contributed by atoms with Gasteiger partial charge in [0.05, 0.1) is 23.4 Å². The lowest BCUT2D eigenvalue weighted by Crippen LogP contribution is -2.32. The molecule has 0 bridgehead atoms. The number of fused-ring (bicyclic) bond motifs is 2. The number of carbonyl (C=O) groups excluding carboxylic acids is 2. The minimum atomic E-state index is -0.145. The van der Waals surface area contributed by atoms with E-state index >= 15 is 0 Å². The van der Waals surface area contributed by atoms with Gasteiger partial charge in [0, 0.05) is 29.7 Å². The molecule has 1 aromatic heterocycles. The summed E-state index contributed by atoms with van der Waals surface area (Å²) in [5, 5.41) is 3.95. The first-order chi connectivity index (χ1) is 15.1. The highest BCUT2D eigenvalue weighted by atomic mass is 35.5. The van der Waals surface area contributed by atoms with Gasteiger partial charge in [-0.1, -0.05) is 35.5 Å². The van der Waals surface area contributed by atoms with Crippen LogP contribution < -0.4 is 15.0 Å². The Balaban J connectivity index is 1.44. The molecular weight excluding hydrogens is 434 g/mol. The number of nitrogens with one attached hydrogen (secondary N) is 1. The molecule has 0 aliphatic carbocycles. The Morgan fingerprint density at radius 3 is 2.84 bits per heavy atom. The number of pyridine rings is 1. The summed E-state index contributed by atoms with van der Waals surface area (Å²) in [5.41, 5.74) is 2.00. The molecule has 1 aliphatic rings. The van der Waals surface area contributed by atoms with E-state index in [2.05, 4.69) is 10.3 Å². The molecule has 8 heteroatoms. The van der Waals surface area contributed by atoms with E-state index in [-0.39, 0.29) is 18.2 Å². The van der Waals surface area contributed by atoms with Crippen molar-refractivity contribution in [3.05, 3.63) is 71.4 Å². The van der Waals surface area contributed by atoms with E-state index in [4.69, 9.17) is 16.3 Å². The van der Waals surface area contributed by atoms with Gasteiger partial charge >= 0.3 is 0 Å². The van der Waals surface area contributed by atoms with Crippen LogP contribution in [0.2, 0.25) is 5.02 Å². The molecule has 0 fully saturated rings. The Bertz CT molecular complexity index is 1140. The first-order valence-electron chi connectivity index (χ1n) is 9.74. The molecule has 0 unspecified atom stereocenters. The smallest absolute Gasteiger partial charge is 0.261 e. The Kier molecular flexibility index (Phi) is 6.44. The lowest BCUT2D eigenvalue weighted by molar-refractivity contribution is -0.116. The maximum absolute atomic E-state index is 13.2. The second-order valence-electron chi connectivity index (χ2n) is 6.88. The molecule has 1 aliphatic heterocycles. The highest BCUT2D eigenvalue weighted by Gasteiger charge is 2.27. The van der Waals surface area contributed by atoms with Crippen molar-refractivity contribution >= 4 is 46.6 Å². The molecule has 1 N–H and O–H groups in total. The standard InChI is InChI=1S/C23H20ClN3O3S/c1-30-19-11-10-15(14-17(19)24)26-21(28)9-5-13-27-18-7-2-3-8-20(18)31-22-16(23(27)29)6-4-12-25-22/h2-4,6-8,10-12,14H,5,9,13H2,1H3,(H,26,28). The van der Waals surface area contributed by atoms with Gasteiger partial charge in [-0.2, -0.15) is 0 Å². The van der Waals surface area contributed by atoms with Crippen molar-refractivity contribution in [2.45, 2.75) is 22.8 Å². The Labute approximate surface area is 189 Å². The van der Waals surface area contributed by atoms with E-state index in [1.54, 1.807) is 41.4 Å². The molecule has 158 valence electrons. The molecule has 0 saturated heterocycles. The van der Waals surface area contributed by atoms with E-state index in [1.165, 1.54) is 18.9 Å². The van der Waals surface area contributed by atoms with Crippen LogP contribution in [0.3, 0.4) is 0 Å². The van der Waals surface area contributed by atoms with Crippen LogP contribution in [0.5, 0.6) is 5.75 Å². The predicted molar refractivity (Wildman–Crippen MR) is 122 cm³/mol. The molecule has 0 atom stereocenters. The molecule has 0 radical (unpaired) electrons. The average molecular weight is 454 g/mol. The number of rotatable bonds is 6. The van der Waals surface area contributed by atoms with Gasteiger partial charge in [-0.05, 0) is 48.9 Å². The van der Waals surface area contributed by atoms with E-state index in [9.17, 15) is 9.59 Å². The quantitative estimate of drug-likeness (QED) is 0.550. The predicted octanol–water partition coefficient (Wildman–Crippen LogP) is 5.27. The fourth-order valence-corrected chi connectivity index (χ4v) is 4.62. The van der Waals surface area contributed by atoms with Crippen LogP contribution in [0.15, 0.2) is 70.7 Å². The van der Waals surface area contributed by atoms with Crippen molar-refractivity contribution in [3.8, 4) is 5.75 Å². The zero-order valence-electron chi connectivity index (χ0n) is 16.8. The number of halogens is 1. The largest absolute Gasteiger partial charge is 0.495 e. The Hall–Kier alpha value is -3.03. The molecular formula is C23H20ClN3O3S. The number of aromatic nitrogens is 1. The first kappa shape index (κ1) is 21.2. The molecule has 0 saturated carbocycles. The van der Waals surface area contributed by atoms with Crippen molar-refractivity contribution in [1.29, 1.82) is 0 Å². The second-order valence-corrected chi connectivity index (χ2v) is 8.32. The second kappa shape index (κ2) is 9.41. The van der Waals surface area contributed by atoms with Gasteiger partial charge in [-0.25, -0.2) is 4.98 Å². The first-order valence-corrected chi connectivity index (χ1v) is 10.9. The topological polar surface area (TPSA) is 71.5 Å². The summed E-state index contributed by atoms with van der Waals surface area (Å²) < 4.78 is 5.12. The third-order valence-corrected chi connectivity index (χ3v) is 6.21. The maximum Gasteiger partial charge on any atom is 0.261 e. The van der Waals surface area contributed by atoms with Gasteiger partial charge in [-0.3, -0.25) is 9.59 Å². The van der Waals surface area contributed by atoms with Crippen LogP contribution in [0.25, 0.3) is 0 Å². The van der Waals surface area contributed by atoms with Crippen molar-refractivity contribution in [3.63, 3.8) is 0 Å². The van der Waals surface area contributed by atoms with Crippen molar-refractivity contribution in [2.75, 3.05) is 23.9 Å². The van der Waals surface area contributed by atoms with E-state index in [0.717, 1.165) is 10.6 Å². The van der Waals surface area contributed by atoms with Gasteiger partial charge in [0.1, 0.15) is 10.8 Å². The summed E-state index contributed by atoms with van der Waals surface area (Å²) in [7, 11) is 1.54. The molecule has 2 aromatic carbocycles. The van der Waals surface area contributed by atoms with E-state index in [0.29, 0.717) is 40.0 Å². The van der Waals surface area contributed by atoms with Crippen LogP contribution >= 0.6 is 23.4 Å². The summed E-state index contributed by atoms with van der Waals surface area (Å²) in [6.07, 6.45) is 2.46. The number of anilines is 2. The minimum Gasteiger partial charge on any atom is -0.495 e. The van der Waals surface area contributed by atoms with E-state index < -0.39 is 0 Å². The van der Waals surface area contributed by atoms with Crippen LogP contribution in [0.4, 0.5) is 11.4 Å². The monoisotopic (exact) mass is 453 g/mol. The van der Waals surface area contributed by atoms with Crippen molar-refractivity contribution in [1.82, 2.24) is 4.98 Å². The summed E-state index contributed by atoms with van der Waals surface area (Å²) in [6, 6.07) is 16.4. The van der Waals surface area contributed by atoms with Gasteiger partial charge in [-0.15, -0.1) is 0 Å². The fourth-order valence-electron chi connectivity index (χ4n) is 3.35. The van der Waals surface area contributed by atoms with Crippen molar-refractivity contribution < 1.29 is 14.3 Å². The number of ether oxygens (including phenoxy) is 1. The summed E-state index contributed by atoms with van der Waals surface area (Å²) in [5.74, 6) is 0.293. The number of hydrogen-bond acceptors (Lipinski definition) is 5. The molecule has 6 nitrogen and oxygen atoms in total. The van der Waals surface area contributed by atoms with Gasteiger partial charge in [0.2, 0.25) is 5.91 Å². The summed E-state index contributed by atoms with van der Waals surface area (Å²) >= 11 is 7.59. The number of carbonyl (C=O) groups is 2. The van der Waals surface area contributed by atoms with Crippen molar-refractivity contribution in [2.24, 2.45) is 0 Å². The highest BCUT2D eigenvalue weighted by molar-refractivity contribution is 7.99. The molecule has 4 rings (SSSR count). The lowest BCUT2D eigenvalue weighted by atomic mass is 10.2. The Morgan fingerprint density at radius 1 is 1.19 bits per heavy atom. The third-order valence-electron chi connectivity index (χ3n) is 4.83. The van der Waals surface area contributed by atoms with Gasteiger partial charge in [0.25, 0.3) is 5.91 Å². The number of para-hydroxylation sites is 1. The fraction of sp³-hybridized carbons (Fsp3) is 0.174. The van der Waals surface area contributed by atoms with Crippen LogP contribution in [0, 0.1) is 0 Å². The minimum absolute atomic E-state index is 0.108. The van der Waals surface area contributed by atoms with Crippen LogP contribution in [0.1, 0.15) is 23.2 Å². The molecule has 3 aromatic rings. The maximum atomic E-state index is 13.2. The van der Waals surface area contributed by atoms with Crippen LogP contribution in [-0.2, 0) is 4.79 Å². The van der Waals surface area contributed by atoms with Crippen LogP contribution in [-0.4, -0.2) is 30.5 Å². The zero-order chi connectivity index (χ0) is 21.8. The summed E-state index contributed by atoms with van der Waals surface area (Å²) in [6.45, 7) is 0.418. The lowest BCUT2D eigenvalue weighted by Gasteiger charge is -2.22. The number of amides is 2. The van der Waals surface area contributed by atoms with Gasteiger partial charge < -0.3 is 15.0 Å². The number of nitrogens with zero attached hydrogens (tertiary/aromatic N) is 2. The zero-order valence-corrected chi connectivity index (χ0v) is 18.4. The third kappa shape index (κ3) is 4.68. The molecule has 31 heavy (non-hydrogen) atoms. The number of benzene rings is 2. The molecule has 2 heterocycles. The summed E-state index contributed by atoms with van der Waals surface area (Å²) in [4.78, 5) is 32.7. The molecule has 2 amide bonds. The number of hydrogen-bond donors (Lipinski definition) is 1. The SMILES string of the molecule is COc1ccc(NC(=O)CCCN2C(=O)c3cccnc3Sc3ccccc32)cc1Cl. The number of methoxy groups -OCH3 is 1. The normalized spacial score (nSPS) is 12.6. The molecule has 0 spiro atoms. The Morgan fingerprint density at radius 2 is 2.03 bits per heavy atom. The van der Waals surface area contributed by atoms with Gasteiger partial charge in [0.15, 0.2) is 0 Å².